The van der Waals surface area contributed by atoms with Crippen molar-refractivity contribution in [1.29, 1.82) is 0 Å². The molecule has 0 aliphatic heterocycles. The molecule has 1 aromatic carbocycles. The molecule has 2 rings (SSSR count). The zero-order valence-corrected chi connectivity index (χ0v) is 12.5. The third-order valence-corrected chi connectivity index (χ3v) is 4.30. The molecule has 1 N–H and O–H groups in total. The minimum Gasteiger partial charge on any atom is -0.367 e. The SMILES string of the molecule is COC(C(=O)N[C@H](C)C1CCCCC1)c1ccccc1. The van der Waals surface area contributed by atoms with Crippen molar-refractivity contribution >= 4 is 5.91 Å². The van der Waals surface area contributed by atoms with Gasteiger partial charge < -0.3 is 10.1 Å². The monoisotopic (exact) mass is 275 g/mol. The number of hydrogen-bond acceptors (Lipinski definition) is 2. The summed E-state index contributed by atoms with van der Waals surface area (Å²) in [7, 11) is 1.59. The fourth-order valence-electron chi connectivity index (χ4n) is 3.07. The zero-order chi connectivity index (χ0) is 14.4. The van der Waals surface area contributed by atoms with Gasteiger partial charge in [0.25, 0.3) is 5.91 Å². The number of carbonyl (C=O) groups is 1. The second-order valence-corrected chi connectivity index (χ2v) is 5.72. The van der Waals surface area contributed by atoms with Crippen molar-refractivity contribution < 1.29 is 9.53 Å². The number of methoxy groups -OCH3 is 1. The van der Waals surface area contributed by atoms with Gasteiger partial charge in [-0.05, 0) is 31.2 Å². The van der Waals surface area contributed by atoms with E-state index in [2.05, 4.69) is 12.2 Å². The highest BCUT2D eigenvalue weighted by Gasteiger charge is 2.25. The first-order valence-corrected chi connectivity index (χ1v) is 7.60. The van der Waals surface area contributed by atoms with E-state index in [0.717, 1.165) is 5.56 Å². The molecule has 2 atom stereocenters. The lowest BCUT2D eigenvalue weighted by atomic mass is 9.84. The molecule has 1 aromatic rings. The van der Waals surface area contributed by atoms with Gasteiger partial charge in [0.05, 0.1) is 0 Å². The molecule has 110 valence electrons. The van der Waals surface area contributed by atoms with Gasteiger partial charge in [-0.15, -0.1) is 0 Å². The van der Waals surface area contributed by atoms with Crippen molar-refractivity contribution in [3.8, 4) is 0 Å². The average molecular weight is 275 g/mol. The highest BCUT2D eigenvalue weighted by atomic mass is 16.5. The van der Waals surface area contributed by atoms with Crippen LogP contribution >= 0.6 is 0 Å². The number of carbonyl (C=O) groups excluding carboxylic acids is 1. The van der Waals surface area contributed by atoms with E-state index in [9.17, 15) is 4.79 Å². The largest absolute Gasteiger partial charge is 0.367 e. The van der Waals surface area contributed by atoms with E-state index in [1.165, 1.54) is 32.1 Å². The summed E-state index contributed by atoms with van der Waals surface area (Å²) in [5.41, 5.74) is 0.906. The molecule has 1 unspecified atom stereocenters. The molecular formula is C17H25NO2. The molecule has 3 nitrogen and oxygen atoms in total. The average Bonchev–Trinajstić information content (AvgIpc) is 2.50. The van der Waals surface area contributed by atoms with Crippen LogP contribution in [0.2, 0.25) is 0 Å². The van der Waals surface area contributed by atoms with Gasteiger partial charge in [-0.2, -0.15) is 0 Å². The van der Waals surface area contributed by atoms with E-state index in [4.69, 9.17) is 4.74 Å². The van der Waals surface area contributed by atoms with Gasteiger partial charge in [-0.1, -0.05) is 49.6 Å². The van der Waals surface area contributed by atoms with Crippen LogP contribution < -0.4 is 5.32 Å². The number of hydrogen-bond donors (Lipinski definition) is 1. The van der Waals surface area contributed by atoms with Crippen LogP contribution in [0.4, 0.5) is 0 Å². The second-order valence-electron chi connectivity index (χ2n) is 5.72. The highest BCUT2D eigenvalue weighted by molar-refractivity contribution is 5.82. The first kappa shape index (κ1) is 15.0. The lowest BCUT2D eigenvalue weighted by Crippen LogP contribution is -2.41. The van der Waals surface area contributed by atoms with Gasteiger partial charge in [0.1, 0.15) is 0 Å². The Hall–Kier alpha value is -1.35. The summed E-state index contributed by atoms with van der Waals surface area (Å²) in [6, 6.07) is 9.89. The minimum atomic E-state index is -0.512. The predicted molar refractivity (Wildman–Crippen MR) is 80.4 cm³/mol. The van der Waals surface area contributed by atoms with Gasteiger partial charge >= 0.3 is 0 Å². The zero-order valence-electron chi connectivity index (χ0n) is 12.5. The molecule has 3 heteroatoms. The summed E-state index contributed by atoms with van der Waals surface area (Å²) >= 11 is 0. The Balaban J connectivity index is 1.95. The molecule has 1 amide bonds. The van der Waals surface area contributed by atoms with Crippen molar-refractivity contribution in [2.75, 3.05) is 7.11 Å². The summed E-state index contributed by atoms with van der Waals surface area (Å²) in [6.07, 6.45) is 5.85. The smallest absolute Gasteiger partial charge is 0.253 e. The molecule has 0 heterocycles. The van der Waals surface area contributed by atoms with E-state index in [0.29, 0.717) is 5.92 Å². The Morgan fingerprint density at radius 3 is 2.45 bits per heavy atom. The Morgan fingerprint density at radius 1 is 1.20 bits per heavy atom. The van der Waals surface area contributed by atoms with Crippen LogP contribution in [0.25, 0.3) is 0 Å². The summed E-state index contributed by atoms with van der Waals surface area (Å²) in [6.45, 7) is 2.12. The lowest BCUT2D eigenvalue weighted by Gasteiger charge is -2.29. The summed E-state index contributed by atoms with van der Waals surface area (Å²) < 4.78 is 5.37. The first-order chi connectivity index (χ1) is 9.72. The molecule has 1 fully saturated rings. The maximum Gasteiger partial charge on any atom is 0.253 e. The third-order valence-electron chi connectivity index (χ3n) is 4.30. The molecule has 1 aliphatic rings. The van der Waals surface area contributed by atoms with Gasteiger partial charge in [0, 0.05) is 13.2 Å². The maximum absolute atomic E-state index is 12.4. The number of benzene rings is 1. The Morgan fingerprint density at radius 2 is 1.85 bits per heavy atom. The van der Waals surface area contributed by atoms with Crippen LogP contribution in [0.3, 0.4) is 0 Å². The summed E-state index contributed by atoms with van der Waals surface area (Å²) in [4.78, 5) is 12.4. The molecule has 20 heavy (non-hydrogen) atoms. The van der Waals surface area contributed by atoms with Crippen LogP contribution in [-0.4, -0.2) is 19.1 Å². The summed E-state index contributed by atoms with van der Waals surface area (Å²) in [5.74, 6) is 0.581. The van der Waals surface area contributed by atoms with E-state index in [-0.39, 0.29) is 11.9 Å². The Labute approximate surface area is 121 Å². The van der Waals surface area contributed by atoms with Crippen molar-refractivity contribution in [3.05, 3.63) is 35.9 Å². The van der Waals surface area contributed by atoms with Crippen molar-refractivity contribution in [1.82, 2.24) is 5.32 Å². The van der Waals surface area contributed by atoms with Crippen LogP contribution in [0.5, 0.6) is 0 Å². The third kappa shape index (κ3) is 3.83. The van der Waals surface area contributed by atoms with Crippen LogP contribution in [0, 0.1) is 5.92 Å². The predicted octanol–water partition coefficient (Wildman–Crippen LogP) is 3.46. The molecule has 0 aromatic heterocycles. The number of rotatable bonds is 5. The van der Waals surface area contributed by atoms with Gasteiger partial charge in [-0.25, -0.2) is 0 Å². The van der Waals surface area contributed by atoms with Crippen molar-refractivity contribution in [2.45, 2.75) is 51.2 Å². The van der Waals surface area contributed by atoms with E-state index < -0.39 is 6.10 Å². The first-order valence-electron chi connectivity index (χ1n) is 7.60. The van der Waals surface area contributed by atoms with Gasteiger partial charge in [0.2, 0.25) is 0 Å². The minimum absolute atomic E-state index is 0.0308. The highest BCUT2D eigenvalue weighted by Crippen LogP contribution is 2.27. The van der Waals surface area contributed by atoms with E-state index >= 15 is 0 Å². The molecule has 1 aliphatic carbocycles. The Kier molecular flexibility index (Phi) is 5.60. The van der Waals surface area contributed by atoms with E-state index in [1.54, 1.807) is 7.11 Å². The van der Waals surface area contributed by atoms with Crippen molar-refractivity contribution in [2.24, 2.45) is 5.92 Å². The lowest BCUT2D eigenvalue weighted by molar-refractivity contribution is -0.132. The molecule has 0 saturated heterocycles. The number of ether oxygens (including phenoxy) is 1. The molecule has 0 spiro atoms. The summed E-state index contributed by atoms with van der Waals surface area (Å²) in [5, 5.41) is 3.14. The maximum atomic E-state index is 12.4. The van der Waals surface area contributed by atoms with Crippen LogP contribution in [0.1, 0.15) is 50.7 Å². The standard InChI is InChI=1S/C17H25NO2/c1-13(14-9-5-3-6-10-14)18-17(19)16(20-2)15-11-7-4-8-12-15/h4,7-8,11-14,16H,3,5-6,9-10H2,1-2H3,(H,18,19)/t13-,16?/m1/s1. The topological polar surface area (TPSA) is 38.3 Å². The Bertz CT molecular complexity index is 412. The number of nitrogens with one attached hydrogen (secondary N) is 1. The molecule has 0 bridgehead atoms. The second kappa shape index (κ2) is 7.44. The fraction of sp³-hybridized carbons (Fsp3) is 0.588. The van der Waals surface area contributed by atoms with Crippen LogP contribution in [0.15, 0.2) is 30.3 Å². The van der Waals surface area contributed by atoms with Crippen molar-refractivity contribution in [3.63, 3.8) is 0 Å². The fourth-order valence-corrected chi connectivity index (χ4v) is 3.07. The molecule has 0 radical (unpaired) electrons. The molecular weight excluding hydrogens is 250 g/mol. The van der Waals surface area contributed by atoms with E-state index in [1.807, 2.05) is 30.3 Å². The van der Waals surface area contributed by atoms with Gasteiger partial charge in [0.15, 0.2) is 6.10 Å². The van der Waals surface area contributed by atoms with Gasteiger partial charge in [-0.3, -0.25) is 4.79 Å². The quantitative estimate of drug-likeness (QED) is 0.893. The van der Waals surface area contributed by atoms with Crippen LogP contribution in [-0.2, 0) is 9.53 Å². The normalized spacial score (nSPS) is 19.3. The number of amides is 1. The molecule has 1 saturated carbocycles.